The number of nitrogens with zero attached hydrogens (tertiary/aromatic N) is 3. The van der Waals surface area contributed by atoms with Crippen molar-refractivity contribution in [1.82, 2.24) is 14.8 Å². The molecular weight excluding hydrogens is 178 g/mol. The van der Waals surface area contributed by atoms with Gasteiger partial charge in [0.2, 0.25) is 0 Å². The molecule has 0 aliphatic carbocycles. The molecule has 5 heteroatoms. The third-order valence-corrected chi connectivity index (χ3v) is 2.10. The predicted molar refractivity (Wildman–Crippen MR) is 56.1 cm³/mol. The van der Waals surface area contributed by atoms with Crippen molar-refractivity contribution in [1.29, 1.82) is 0 Å². The van der Waals surface area contributed by atoms with Crippen molar-refractivity contribution in [3.05, 3.63) is 18.5 Å². The van der Waals surface area contributed by atoms with Gasteiger partial charge in [-0.25, -0.2) is 4.98 Å². The molecule has 14 heavy (non-hydrogen) atoms. The quantitative estimate of drug-likeness (QED) is 0.734. The highest BCUT2D eigenvalue weighted by Crippen LogP contribution is 2.19. The van der Waals surface area contributed by atoms with Gasteiger partial charge >= 0.3 is 0 Å². The van der Waals surface area contributed by atoms with E-state index in [4.69, 9.17) is 5.73 Å². The fourth-order valence-corrected chi connectivity index (χ4v) is 1.41. The van der Waals surface area contributed by atoms with Gasteiger partial charge in [-0.2, -0.15) is 5.10 Å². The first-order chi connectivity index (χ1) is 6.83. The summed E-state index contributed by atoms with van der Waals surface area (Å²) in [6.45, 7) is 1.37. The Labute approximate surface area is 81.9 Å². The Morgan fingerprint density at radius 1 is 1.57 bits per heavy atom. The van der Waals surface area contributed by atoms with E-state index in [-0.39, 0.29) is 0 Å². The predicted octanol–water partition coefficient (Wildman–Crippen LogP) is 0.339. The van der Waals surface area contributed by atoms with Crippen LogP contribution in [0.3, 0.4) is 0 Å². The minimum absolute atomic E-state index is 0.615. The summed E-state index contributed by atoms with van der Waals surface area (Å²) in [5.74, 6) is 0. The van der Waals surface area contributed by atoms with Gasteiger partial charge in [0.05, 0.1) is 11.6 Å². The van der Waals surface area contributed by atoms with Crippen LogP contribution in [0.1, 0.15) is 0 Å². The molecule has 0 fully saturated rings. The Bertz CT molecular complexity index is 434. The van der Waals surface area contributed by atoms with E-state index in [9.17, 15) is 0 Å². The maximum absolute atomic E-state index is 5.43. The number of nitrogens with one attached hydrogen (secondary N) is 1. The summed E-state index contributed by atoms with van der Waals surface area (Å²) in [5, 5.41) is 8.41. The van der Waals surface area contributed by atoms with E-state index in [2.05, 4.69) is 15.4 Å². The molecule has 0 saturated heterocycles. The second kappa shape index (κ2) is 3.63. The number of aromatic nitrogens is 3. The molecule has 0 spiro atoms. The molecule has 0 radical (unpaired) electrons. The molecule has 0 aromatic carbocycles. The lowest BCUT2D eigenvalue weighted by Gasteiger charge is -2.04. The van der Waals surface area contributed by atoms with Crippen LogP contribution in [0.25, 0.3) is 11.0 Å². The van der Waals surface area contributed by atoms with Crippen molar-refractivity contribution in [3.63, 3.8) is 0 Å². The van der Waals surface area contributed by atoms with Crippen LogP contribution >= 0.6 is 0 Å². The fraction of sp³-hybridized carbons (Fsp3) is 0.333. The van der Waals surface area contributed by atoms with Crippen molar-refractivity contribution >= 4 is 16.7 Å². The van der Waals surface area contributed by atoms with Crippen LogP contribution < -0.4 is 11.1 Å². The van der Waals surface area contributed by atoms with Crippen LogP contribution in [0.2, 0.25) is 0 Å². The highest BCUT2D eigenvalue weighted by atomic mass is 15.3. The molecule has 0 atom stereocenters. The molecule has 74 valence electrons. The normalized spacial score (nSPS) is 10.7. The van der Waals surface area contributed by atoms with Crippen molar-refractivity contribution in [2.45, 2.75) is 0 Å². The molecule has 0 saturated carbocycles. The first-order valence-electron chi connectivity index (χ1n) is 4.53. The molecule has 0 aliphatic heterocycles. The molecule has 5 nitrogen and oxygen atoms in total. The van der Waals surface area contributed by atoms with E-state index >= 15 is 0 Å². The van der Waals surface area contributed by atoms with Gasteiger partial charge in [-0.1, -0.05) is 0 Å². The largest absolute Gasteiger partial charge is 0.383 e. The zero-order chi connectivity index (χ0) is 9.97. The molecule has 2 aromatic heterocycles. The van der Waals surface area contributed by atoms with E-state index in [0.29, 0.717) is 6.54 Å². The molecule has 2 rings (SSSR count). The Kier molecular flexibility index (Phi) is 2.32. The van der Waals surface area contributed by atoms with Crippen LogP contribution in [-0.4, -0.2) is 27.9 Å². The first kappa shape index (κ1) is 8.96. The van der Waals surface area contributed by atoms with Crippen LogP contribution in [0, 0.1) is 0 Å². The lowest BCUT2D eigenvalue weighted by atomic mass is 10.3. The standard InChI is InChI=1S/C9H13N5/c1-14-9-7(6-13-14)8(2-4-12-9)11-5-3-10/h2,4,6H,3,5,10H2,1H3,(H,11,12). The molecule has 2 heterocycles. The number of hydrogen-bond donors (Lipinski definition) is 2. The van der Waals surface area contributed by atoms with Crippen molar-refractivity contribution in [2.24, 2.45) is 12.8 Å². The maximum atomic E-state index is 5.43. The second-order valence-corrected chi connectivity index (χ2v) is 3.08. The molecule has 0 unspecified atom stereocenters. The van der Waals surface area contributed by atoms with Crippen LogP contribution in [0.5, 0.6) is 0 Å². The highest BCUT2D eigenvalue weighted by molar-refractivity contribution is 5.88. The summed E-state index contributed by atoms with van der Waals surface area (Å²) in [4.78, 5) is 4.24. The van der Waals surface area contributed by atoms with Gasteiger partial charge < -0.3 is 11.1 Å². The Morgan fingerprint density at radius 2 is 2.43 bits per heavy atom. The van der Waals surface area contributed by atoms with Crippen LogP contribution in [0.4, 0.5) is 5.69 Å². The van der Waals surface area contributed by atoms with Gasteiger partial charge in [-0.15, -0.1) is 0 Å². The Morgan fingerprint density at radius 3 is 3.21 bits per heavy atom. The average molecular weight is 191 g/mol. The van der Waals surface area contributed by atoms with E-state index in [1.165, 1.54) is 0 Å². The van der Waals surface area contributed by atoms with E-state index in [0.717, 1.165) is 23.3 Å². The summed E-state index contributed by atoms with van der Waals surface area (Å²) >= 11 is 0. The molecular formula is C9H13N5. The highest BCUT2D eigenvalue weighted by Gasteiger charge is 2.04. The van der Waals surface area contributed by atoms with E-state index in [1.807, 2.05) is 13.1 Å². The number of pyridine rings is 1. The van der Waals surface area contributed by atoms with Gasteiger partial charge in [0.1, 0.15) is 0 Å². The summed E-state index contributed by atoms with van der Waals surface area (Å²) in [5.41, 5.74) is 7.34. The van der Waals surface area contributed by atoms with Crippen LogP contribution in [0.15, 0.2) is 18.5 Å². The smallest absolute Gasteiger partial charge is 0.159 e. The summed E-state index contributed by atoms with van der Waals surface area (Å²) < 4.78 is 1.75. The average Bonchev–Trinajstić information content (AvgIpc) is 2.58. The SMILES string of the molecule is Cn1ncc2c(NCCN)ccnc21. The lowest BCUT2D eigenvalue weighted by Crippen LogP contribution is -2.13. The lowest BCUT2D eigenvalue weighted by molar-refractivity contribution is 0.786. The number of nitrogens with two attached hydrogens (primary N) is 1. The van der Waals surface area contributed by atoms with Gasteiger partial charge in [0, 0.05) is 32.0 Å². The van der Waals surface area contributed by atoms with Gasteiger partial charge in [-0.05, 0) is 6.07 Å². The Balaban J connectivity index is 2.44. The molecule has 0 amide bonds. The zero-order valence-corrected chi connectivity index (χ0v) is 8.07. The van der Waals surface area contributed by atoms with E-state index < -0.39 is 0 Å². The van der Waals surface area contributed by atoms with Crippen molar-refractivity contribution < 1.29 is 0 Å². The molecule has 3 N–H and O–H groups in total. The monoisotopic (exact) mass is 191 g/mol. The number of aryl methyl sites for hydroxylation is 1. The number of hydrogen-bond acceptors (Lipinski definition) is 4. The van der Waals surface area contributed by atoms with Gasteiger partial charge in [0.15, 0.2) is 5.65 Å². The third-order valence-electron chi connectivity index (χ3n) is 2.10. The zero-order valence-electron chi connectivity index (χ0n) is 8.07. The Hall–Kier alpha value is -1.62. The van der Waals surface area contributed by atoms with E-state index in [1.54, 1.807) is 17.1 Å². The number of fused-ring (bicyclic) bond motifs is 1. The summed E-state index contributed by atoms with van der Waals surface area (Å²) in [7, 11) is 1.88. The first-order valence-corrected chi connectivity index (χ1v) is 4.53. The topological polar surface area (TPSA) is 68.8 Å². The third kappa shape index (κ3) is 1.42. The molecule has 0 aliphatic rings. The minimum Gasteiger partial charge on any atom is -0.383 e. The number of anilines is 1. The molecule has 2 aromatic rings. The molecule has 0 bridgehead atoms. The minimum atomic E-state index is 0.615. The van der Waals surface area contributed by atoms with Crippen LogP contribution in [-0.2, 0) is 7.05 Å². The second-order valence-electron chi connectivity index (χ2n) is 3.08. The maximum Gasteiger partial charge on any atom is 0.159 e. The summed E-state index contributed by atoms with van der Waals surface area (Å²) in [6, 6.07) is 1.93. The van der Waals surface area contributed by atoms with Gasteiger partial charge in [0.25, 0.3) is 0 Å². The number of rotatable bonds is 3. The van der Waals surface area contributed by atoms with Crippen molar-refractivity contribution in [2.75, 3.05) is 18.4 Å². The summed E-state index contributed by atoms with van der Waals surface area (Å²) in [6.07, 6.45) is 3.57. The fourth-order valence-electron chi connectivity index (χ4n) is 1.41. The van der Waals surface area contributed by atoms with Crippen molar-refractivity contribution in [3.8, 4) is 0 Å². The van der Waals surface area contributed by atoms with Gasteiger partial charge in [-0.3, -0.25) is 4.68 Å².